The van der Waals surface area contributed by atoms with E-state index in [1.807, 2.05) is 0 Å². The number of terminal acetylenes is 2. The SMILES string of the molecule is C#Cc1cccc2c(O)c3c(C#C)cccc3c(O)c12. The molecule has 0 aliphatic carbocycles. The van der Waals surface area contributed by atoms with Gasteiger partial charge < -0.3 is 10.2 Å². The highest BCUT2D eigenvalue weighted by Crippen LogP contribution is 2.43. The summed E-state index contributed by atoms with van der Waals surface area (Å²) in [6, 6.07) is 10.3. The van der Waals surface area contributed by atoms with Crippen LogP contribution < -0.4 is 0 Å². The summed E-state index contributed by atoms with van der Waals surface area (Å²) in [5.74, 6) is 5.12. The van der Waals surface area contributed by atoms with Gasteiger partial charge in [-0.15, -0.1) is 12.8 Å². The van der Waals surface area contributed by atoms with Crippen molar-refractivity contribution in [3.8, 4) is 36.2 Å². The van der Waals surface area contributed by atoms with Crippen LogP contribution in [0.15, 0.2) is 36.4 Å². The minimum Gasteiger partial charge on any atom is -0.507 e. The smallest absolute Gasteiger partial charge is 0.132 e. The number of fused-ring (bicyclic) bond motifs is 2. The number of hydrogen-bond donors (Lipinski definition) is 2. The Morgan fingerprint density at radius 1 is 0.700 bits per heavy atom. The van der Waals surface area contributed by atoms with E-state index < -0.39 is 0 Å². The summed E-state index contributed by atoms with van der Waals surface area (Å²) in [4.78, 5) is 0. The van der Waals surface area contributed by atoms with E-state index in [0.717, 1.165) is 0 Å². The van der Waals surface area contributed by atoms with E-state index in [1.54, 1.807) is 36.4 Å². The molecule has 2 N–H and O–H groups in total. The maximum atomic E-state index is 10.5. The van der Waals surface area contributed by atoms with Crippen LogP contribution in [0.4, 0.5) is 0 Å². The Labute approximate surface area is 116 Å². The van der Waals surface area contributed by atoms with E-state index in [-0.39, 0.29) is 11.5 Å². The first-order valence-corrected chi connectivity index (χ1v) is 6.01. The van der Waals surface area contributed by atoms with Gasteiger partial charge in [-0.25, -0.2) is 0 Å². The van der Waals surface area contributed by atoms with Crippen molar-refractivity contribution < 1.29 is 10.2 Å². The molecule has 0 atom stereocenters. The van der Waals surface area contributed by atoms with Crippen molar-refractivity contribution in [1.29, 1.82) is 0 Å². The average molecular weight is 258 g/mol. The van der Waals surface area contributed by atoms with Crippen LogP contribution in [0.25, 0.3) is 21.5 Å². The van der Waals surface area contributed by atoms with Crippen LogP contribution in [-0.2, 0) is 0 Å². The second-order valence-corrected chi connectivity index (χ2v) is 4.44. The summed E-state index contributed by atoms with van der Waals surface area (Å²) in [6.45, 7) is 0. The van der Waals surface area contributed by atoms with Crippen LogP contribution in [0.2, 0.25) is 0 Å². The van der Waals surface area contributed by atoms with E-state index in [4.69, 9.17) is 12.8 Å². The number of hydrogen-bond acceptors (Lipinski definition) is 2. The molecular formula is C18H10O2. The quantitative estimate of drug-likeness (QED) is 0.369. The molecule has 0 heterocycles. The van der Waals surface area contributed by atoms with Gasteiger partial charge in [0.25, 0.3) is 0 Å². The van der Waals surface area contributed by atoms with Crippen LogP contribution in [-0.4, -0.2) is 10.2 Å². The normalized spacial score (nSPS) is 10.3. The molecule has 0 aromatic heterocycles. The maximum Gasteiger partial charge on any atom is 0.132 e. The van der Waals surface area contributed by atoms with E-state index in [0.29, 0.717) is 32.7 Å². The zero-order chi connectivity index (χ0) is 14.3. The lowest BCUT2D eigenvalue weighted by atomic mass is 9.95. The van der Waals surface area contributed by atoms with Crippen LogP contribution in [0.3, 0.4) is 0 Å². The summed E-state index contributed by atoms with van der Waals surface area (Å²) in [6.07, 6.45) is 10.9. The van der Waals surface area contributed by atoms with Gasteiger partial charge in [0.05, 0.1) is 0 Å². The van der Waals surface area contributed by atoms with Crippen molar-refractivity contribution >= 4 is 21.5 Å². The van der Waals surface area contributed by atoms with Crippen molar-refractivity contribution in [3.63, 3.8) is 0 Å². The van der Waals surface area contributed by atoms with Crippen molar-refractivity contribution in [2.75, 3.05) is 0 Å². The van der Waals surface area contributed by atoms with Gasteiger partial charge in [-0.3, -0.25) is 0 Å². The van der Waals surface area contributed by atoms with Crippen molar-refractivity contribution in [2.45, 2.75) is 0 Å². The maximum absolute atomic E-state index is 10.5. The Bertz CT molecular complexity index is 858. The molecular weight excluding hydrogens is 248 g/mol. The minimum absolute atomic E-state index is 0.0402. The van der Waals surface area contributed by atoms with Crippen molar-refractivity contribution in [3.05, 3.63) is 47.5 Å². The molecule has 94 valence electrons. The second kappa shape index (κ2) is 4.23. The third-order valence-corrected chi connectivity index (χ3v) is 3.42. The molecule has 0 bridgehead atoms. The van der Waals surface area contributed by atoms with E-state index in [9.17, 15) is 10.2 Å². The van der Waals surface area contributed by atoms with E-state index >= 15 is 0 Å². The first-order chi connectivity index (χ1) is 9.69. The molecule has 0 aliphatic rings. The summed E-state index contributed by atoms with van der Waals surface area (Å²) >= 11 is 0. The second-order valence-electron chi connectivity index (χ2n) is 4.44. The molecule has 0 amide bonds. The number of phenolic OH excluding ortho intramolecular Hbond substituents is 2. The Balaban J connectivity index is 2.70. The summed E-state index contributed by atoms with van der Waals surface area (Å²) in [5.41, 5.74) is 1.06. The Morgan fingerprint density at radius 2 is 1.10 bits per heavy atom. The zero-order valence-corrected chi connectivity index (χ0v) is 10.5. The average Bonchev–Trinajstić information content (AvgIpc) is 2.50. The number of aromatic hydroxyl groups is 2. The third-order valence-electron chi connectivity index (χ3n) is 3.42. The topological polar surface area (TPSA) is 40.5 Å². The molecule has 0 aliphatic heterocycles. The van der Waals surface area contributed by atoms with Crippen LogP contribution in [0, 0.1) is 24.7 Å². The molecule has 0 saturated carbocycles. The number of phenols is 2. The van der Waals surface area contributed by atoms with Gasteiger partial charge in [0.15, 0.2) is 0 Å². The van der Waals surface area contributed by atoms with Gasteiger partial charge in [0.2, 0.25) is 0 Å². The monoisotopic (exact) mass is 258 g/mol. The fraction of sp³-hybridized carbons (Fsp3) is 0. The zero-order valence-electron chi connectivity index (χ0n) is 10.5. The predicted octanol–water partition coefficient (Wildman–Crippen LogP) is 3.37. The van der Waals surface area contributed by atoms with Gasteiger partial charge in [0.1, 0.15) is 11.5 Å². The lowest BCUT2D eigenvalue weighted by Gasteiger charge is -2.12. The van der Waals surface area contributed by atoms with Gasteiger partial charge in [-0.1, -0.05) is 36.1 Å². The summed E-state index contributed by atoms with van der Waals surface area (Å²) < 4.78 is 0. The van der Waals surface area contributed by atoms with Crippen molar-refractivity contribution in [2.24, 2.45) is 0 Å². The number of benzene rings is 3. The number of rotatable bonds is 0. The van der Waals surface area contributed by atoms with Gasteiger partial charge in [-0.05, 0) is 12.1 Å². The Kier molecular flexibility index (Phi) is 2.53. The fourth-order valence-electron chi connectivity index (χ4n) is 2.52. The highest BCUT2D eigenvalue weighted by atomic mass is 16.3. The third kappa shape index (κ3) is 1.43. The highest BCUT2D eigenvalue weighted by Gasteiger charge is 2.16. The molecule has 3 aromatic rings. The molecule has 0 fully saturated rings. The standard InChI is InChI=1S/C18H10O2/c1-3-11-7-5-9-13-15(11)17(19)14-10-6-8-12(4-2)16(14)18(13)20/h1-2,5-10,19-20H. The predicted molar refractivity (Wildman–Crippen MR) is 80.7 cm³/mol. The molecule has 0 unspecified atom stereocenters. The van der Waals surface area contributed by atoms with E-state index in [1.165, 1.54) is 0 Å². The molecule has 2 heteroatoms. The molecule has 0 saturated heterocycles. The van der Waals surface area contributed by atoms with Crippen LogP contribution in [0.5, 0.6) is 11.5 Å². The first-order valence-electron chi connectivity index (χ1n) is 6.01. The summed E-state index contributed by atoms with van der Waals surface area (Å²) in [7, 11) is 0. The molecule has 20 heavy (non-hydrogen) atoms. The van der Waals surface area contributed by atoms with Gasteiger partial charge in [0, 0.05) is 32.7 Å². The van der Waals surface area contributed by atoms with E-state index in [2.05, 4.69) is 11.8 Å². The molecule has 0 radical (unpaired) electrons. The fourth-order valence-corrected chi connectivity index (χ4v) is 2.52. The Hall–Kier alpha value is -3.10. The van der Waals surface area contributed by atoms with Crippen molar-refractivity contribution in [1.82, 2.24) is 0 Å². The van der Waals surface area contributed by atoms with Crippen LogP contribution in [0.1, 0.15) is 11.1 Å². The van der Waals surface area contributed by atoms with Gasteiger partial charge >= 0.3 is 0 Å². The molecule has 2 nitrogen and oxygen atoms in total. The lowest BCUT2D eigenvalue weighted by Crippen LogP contribution is -1.87. The van der Waals surface area contributed by atoms with Gasteiger partial charge in [-0.2, -0.15) is 0 Å². The minimum atomic E-state index is 0.0402. The lowest BCUT2D eigenvalue weighted by molar-refractivity contribution is 0.478. The molecule has 3 aromatic carbocycles. The highest BCUT2D eigenvalue weighted by molar-refractivity contribution is 6.13. The molecule has 3 rings (SSSR count). The van der Waals surface area contributed by atoms with Crippen LogP contribution >= 0.6 is 0 Å². The first kappa shape index (κ1) is 12.0. The molecule has 0 spiro atoms. The Morgan fingerprint density at radius 3 is 1.45 bits per heavy atom. The summed E-state index contributed by atoms with van der Waals surface area (Å²) in [5, 5.41) is 22.9. The largest absolute Gasteiger partial charge is 0.507 e.